The number of halogens is 2. The lowest BCUT2D eigenvalue weighted by atomic mass is 10.2. The van der Waals surface area contributed by atoms with Crippen molar-refractivity contribution in [2.24, 2.45) is 12.8 Å². The second-order valence-corrected chi connectivity index (χ2v) is 5.60. The molecule has 102 valence electrons. The van der Waals surface area contributed by atoms with E-state index in [2.05, 4.69) is 20.9 Å². The molecule has 0 unspecified atom stereocenters. The number of hydrogen-bond acceptors (Lipinski definition) is 2. The molecule has 0 aliphatic rings. The van der Waals surface area contributed by atoms with Crippen molar-refractivity contribution in [1.82, 2.24) is 9.55 Å². The van der Waals surface area contributed by atoms with Crippen LogP contribution in [-0.4, -0.2) is 9.55 Å². The number of aromatic nitrogens is 2. The molecule has 0 spiro atoms. The van der Waals surface area contributed by atoms with Crippen LogP contribution in [0.25, 0.3) is 22.4 Å². The van der Waals surface area contributed by atoms with Crippen LogP contribution >= 0.6 is 15.9 Å². The quantitative estimate of drug-likeness (QED) is 0.778. The Hall–Kier alpha value is -1.72. The van der Waals surface area contributed by atoms with Crippen LogP contribution < -0.4 is 5.73 Å². The van der Waals surface area contributed by atoms with Crippen LogP contribution in [0.2, 0.25) is 0 Å². The lowest BCUT2D eigenvalue weighted by Gasteiger charge is -2.04. The van der Waals surface area contributed by atoms with Gasteiger partial charge in [-0.1, -0.05) is 22.0 Å². The smallest absolute Gasteiger partial charge is 0.141 e. The summed E-state index contributed by atoms with van der Waals surface area (Å²) in [7, 11) is 1.92. The van der Waals surface area contributed by atoms with E-state index in [9.17, 15) is 4.39 Å². The van der Waals surface area contributed by atoms with Crippen LogP contribution in [-0.2, 0) is 13.6 Å². The fraction of sp³-hybridized carbons (Fsp3) is 0.133. The molecule has 0 atom stereocenters. The van der Waals surface area contributed by atoms with Gasteiger partial charge in [0.1, 0.15) is 11.6 Å². The van der Waals surface area contributed by atoms with E-state index in [1.165, 1.54) is 12.1 Å². The largest absolute Gasteiger partial charge is 0.327 e. The predicted octanol–water partition coefficient (Wildman–Crippen LogP) is 3.60. The van der Waals surface area contributed by atoms with Gasteiger partial charge in [-0.25, -0.2) is 9.37 Å². The Bertz CT molecular complexity index is 775. The topological polar surface area (TPSA) is 43.8 Å². The highest BCUT2D eigenvalue weighted by Gasteiger charge is 2.11. The maximum atomic E-state index is 13.5. The van der Waals surface area contributed by atoms with Crippen molar-refractivity contribution in [2.75, 3.05) is 0 Å². The number of imidazole rings is 1. The van der Waals surface area contributed by atoms with Crippen molar-refractivity contribution in [3.8, 4) is 11.4 Å². The highest BCUT2D eigenvalue weighted by molar-refractivity contribution is 9.10. The van der Waals surface area contributed by atoms with E-state index in [4.69, 9.17) is 5.73 Å². The van der Waals surface area contributed by atoms with Crippen molar-refractivity contribution in [3.63, 3.8) is 0 Å². The van der Waals surface area contributed by atoms with Crippen molar-refractivity contribution >= 4 is 27.0 Å². The summed E-state index contributed by atoms with van der Waals surface area (Å²) >= 11 is 3.31. The van der Waals surface area contributed by atoms with Crippen LogP contribution in [0.4, 0.5) is 4.39 Å². The third kappa shape index (κ3) is 2.23. The first kappa shape index (κ1) is 13.3. The molecule has 3 aromatic rings. The normalized spacial score (nSPS) is 11.2. The highest BCUT2D eigenvalue weighted by Crippen LogP contribution is 2.27. The van der Waals surface area contributed by atoms with E-state index in [0.717, 1.165) is 28.0 Å². The van der Waals surface area contributed by atoms with E-state index in [1.54, 1.807) is 0 Å². The first-order chi connectivity index (χ1) is 9.58. The van der Waals surface area contributed by atoms with E-state index in [0.29, 0.717) is 11.0 Å². The molecule has 0 saturated carbocycles. The molecule has 0 fully saturated rings. The Morgan fingerprint density at radius 1 is 1.25 bits per heavy atom. The molecular weight excluding hydrogens is 321 g/mol. The molecule has 2 N–H and O–H groups in total. The summed E-state index contributed by atoms with van der Waals surface area (Å²) in [5.41, 5.74) is 9.32. The lowest BCUT2D eigenvalue weighted by molar-refractivity contribution is 0.627. The Labute approximate surface area is 124 Å². The van der Waals surface area contributed by atoms with Crippen LogP contribution in [0.15, 0.2) is 40.9 Å². The molecule has 5 heteroatoms. The van der Waals surface area contributed by atoms with Gasteiger partial charge in [-0.2, -0.15) is 0 Å². The van der Waals surface area contributed by atoms with Crippen LogP contribution in [0, 0.1) is 5.82 Å². The van der Waals surface area contributed by atoms with E-state index >= 15 is 0 Å². The molecule has 1 heterocycles. The monoisotopic (exact) mass is 333 g/mol. The van der Waals surface area contributed by atoms with Gasteiger partial charge in [0.15, 0.2) is 0 Å². The maximum absolute atomic E-state index is 13.5. The molecule has 2 aromatic carbocycles. The van der Waals surface area contributed by atoms with Gasteiger partial charge in [0.2, 0.25) is 0 Å². The number of hydrogen-bond donors (Lipinski definition) is 1. The third-order valence-electron chi connectivity index (χ3n) is 3.30. The highest BCUT2D eigenvalue weighted by atomic mass is 79.9. The number of fused-ring (bicyclic) bond motifs is 1. The zero-order valence-electron chi connectivity index (χ0n) is 10.9. The van der Waals surface area contributed by atoms with Gasteiger partial charge in [-0.3, -0.25) is 0 Å². The standard InChI is InChI=1S/C15H13BrFN3/c1-20-14-4-9(8-18)2-3-13(14)19-15(20)10-5-11(16)7-12(17)6-10/h2-7H,8,18H2,1H3. The maximum Gasteiger partial charge on any atom is 0.141 e. The minimum atomic E-state index is -0.288. The molecular formula is C15H13BrFN3. The first-order valence-corrected chi connectivity index (χ1v) is 6.99. The Balaban J connectivity index is 2.23. The van der Waals surface area contributed by atoms with E-state index in [-0.39, 0.29) is 5.82 Å². The van der Waals surface area contributed by atoms with Gasteiger partial charge in [0, 0.05) is 23.6 Å². The van der Waals surface area contributed by atoms with Gasteiger partial charge in [-0.15, -0.1) is 0 Å². The minimum Gasteiger partial charge on any atom is -0.327 e. The Morgan fingerprint density at radius 3 is 2.75 bits per heavy atom. The Morgan fingerprint density at radius 2 is 2.05 bits per heavy atom. The number of aryl methyl sites for hydroxylation is 1. The number of benzene rings is 2. The predicted molar refractivity (Wildman–Crippen MR) is 81.7 cm³/mol. The summed E-state index contributed by atoms with van der Waals surface area (Å²) in [6.45, 7) is 0.488. The second-order valence-electron chi connectivity index (χ2n) is 4.68. The molecule has 3 rings (SSSR count). The summed E-state index contributed by atoms with van der Waals surface area (Å²) in [4.78, 5) is 4.57. The van der Waals surface area contributed by atoms with Crippen molar-refractivity contribution in [1.29, 1.82) is 0 Å². The number of rotatable bonds is 2. The van der Waals surface area contributed by atoms with E-state index in [1.807, 2.05) is 35.9 Å². The summed E-state index contributed by atoms with van der Waals surface area (Å²) in [5.74, 6) is 0.443. The molecule has 0 saturated heterocycles. The lowest BCUT2D eigenvalue weighted by Crippen LogP contribution is -1.97. The van der Waals surface area contributed by atoms with Gasteiger partial charge >= 0.3 is 0 Å². The molecule has 3 nitrogen and oxygen atoms in total. The number of nitrogens with two attached hydrogens (primary N) is 1. The van der Waals surface area contributed by atoms with Crippen molar-refractivity contribution < 1.29 is 4.39 Å². The summed E-state index contributed by atoms with van der Waals surface area (Å²) in [6.07, 6.45) is 0. The van der Waals surface area contributed by atoms with E-state index < -0.39 is 0 Å². The van der Waals surface area contributed by atoms with Crippen LogP contribution in [0.5, 0.6) is 0 Å². The van der Waals surface area contributed by atoms with Gasteiger partial charge in [-0.05, 0) is 35.9 Å². The fourth-order valence-corrected chi connectivity index (χ4v) is 2.77. The zero-order valence-corrected chi connectivity index (χ0v) is 12.5. The van der Waals surface area contributed by atoms with Gasteiger partial charge < -0.3 is 10.3 Å². The Kier molecular flexibility index (Phi) is 3.31. The third-order valence-corrected chi connectivity index (χ3v) is 3.76. The van der Waals surface area contributed by atoms with Crippen LogP contribution in [0.3, 0.4) is 0 Å². The number of nitrogens with zero attached hydrogens (tertiary/aromatic N) is 2. The summed E-state index contributed by atoms with van der Waals surface area (Å²) in [5, 5.41) is 0. The SMILES string of the molecule is Cn1c(-c2cc(F)cc(Br)c2)nc2ccc(CN)cc21. The average molecular weight is 334 g/mol. The van der Waals surface area contributed by atoms with Gasteiger partial charge in [0.25, 0.3) is 0 Å². The minimum absolute atomic E-state index is 0.288. The van der Waals surface area contributed by atoms with Crippen LogP contribution in [0.1, 0.15) is 5.56 Å². The zero-order chi connectivity index (χ0) is 14.3. The molecule has 1 aromatic heterocycles. The van der Waals surface area contributed by atoms with Gasteiger partial charge in [0.05, 0.1) is 11.0 Å². The average Bonchev–Trinajstić information content (AvgIpc) is 2.74. The summed E-state index contributed by atoms with van der Waals surface area (Å²) < 4.78 is 16.2. The molecule has 0 radical (unpaired) electrons. The summed E-state index contributed by atoms with van der Waals surface area (Å²) in [6, 6.07) is 10.7. The molecule has 0 aliphatic heterocycles. The van der Waals surface area contributed by atoms with Crippen molar-refractivity contribution in [2.45, 2.75) is 6.54 Å². The van der Waals surface area contributed by atoms with Crippen molar-refractivity contribution in [3.05, 3.63) is 52.3 Å². The second kappa shape index (κ2) is 5.00. The fourth-order valence-electron chi connectivity index (χ4n) is 2.30. The molecule has 0 bridgehead atoms. The molecule has 0 amide bonds. The first-order valence-electron chi connectivity index (χ1n) is 6.20. The molecule has 0 aliphatic carbocycles. The molecule has 20 heavy (non-hydrogen) atoms.